The van der Waals surface area contributed by atoms with Crippen molar-refractivity contribution in [3.05, 3.63) is 17.8 Å². The smallest absolute Gasteiger partial charge is 0.222 e. The summed E-state index contributed by atoms with van der Waals surface area (Å²) >= 11 is 0. The molecule has 27 heavy (non-hydrogen) atoms. The monoisotopic (exact) mass is 377 g/mol. The molecule has 1 aromatic heterocycles. The van der Waals surface area contributed by atoms with Crippen LogP contribution in [-0.2, 0) is 16.8 Å². The highest BCUT2D eigenvalue weighted by Gasteiger charge is 2.19. The topological polar surface area (TPSA) is 82.8 Å². The van der Waals surface area contributed by atoms with Crippen LogP contribution < -0.4 is 10.6 Å². The Morgan fingerprint density at radius 3 is 2.81 bits per heavy atom. The molecule has 0 bridgehead atoms. The van der Waals surface area contributed by atoms with Crippen molar-refractivity contribution in [3.8, 4) is 0 Å². The highest BCUT2D eigenvalue weighted by atomic mass is 16.4. The Hall–Kier alpha value is -2.05. The molecule has 7 nitrogen and oxygen atoms in total. The van der Waals surface area contributed by atoms with Gasteiger partial charge < -0.3 is 20.0 Å². The molecular formula is C20H35N5O2. The lowest BCUT2D eigenvalue weighted by atomic mass is 9.94. The predicted molar refractivity (Wildman–Crippen MR) is 108 cm³/mol. The van der Waals surface area contributed by atoms with E-state index in [0.29, 0.717) is 24.8 Å². The molecule has 0 unspecified atom stereocenters. The van der Waals surface area contributed by atoms with Crippen LogP contribution in [0.15, 0.2) is 15.6 Å². The van der Waals surface area contributed by atoms with Crippen LogP contribution >= 0.6 is 0 Å². The number of aromatic nitrogens is 1. The highest BCUT2D eigenvalue weighted by Crippen LogP contribution is 2.22. The van der Waals surface area contributed by atoms with Gasteiger partial charge in [0.2, 0.25) is 11.8 Å². The number of amides is 1. The van der Waals surface area contributed by atoms with Crippen molar-refractivity contribution in [2.75, 3.05) is 26.2 Å². The number of aliphatic imine (C=N–C) groups is 1. The Kier molecular flexibility index (Phi) is 8.13. The minimum absolute atomic E-state index is 0.0531. The second-order valence-electron chi connectivity index (χ2n) is 8.04. The molecule has 2 heterocycles. The molecule has 0 atom stereocenters. The number of carbonyl (C=O) groups excluding carboxylic acids is 1. The van der Waals surface area contributed by atoms with Crippen molar-refractivity contribution in [3.63, 3.8) is 0 Å². The van der Waals surface area contributed by atoms with Gasteiger partial charge in [-0.25, -0.2) is 9.98 Å². The molecule has 152 valence electrons. The largest absolute Gasteiger partial charge is 0.443 e. The lowest BCUT2D eigenvalue weighted by molar-refractivity contribution is -0.130. The van der Waals surface area contributed by atoms with E-state index in [2.05, 4.69) is 41.4 Å². The maximum absolute atomic E-state index is 12.0. The summed E-state index contributed by atoms with van der Waals surface area (Å²) < 4.78 is 5.79. The number of likely N-dealkylation sites (tertiary alicyclic amines) is 1. The van der Waals surface area contributed by atoms with Gasteiger partial charge in [0.15, 0.2) is 5.96 Å². The molecule has 1 aliphatic rings. The fourth-order valence-electron chi connectivity index (χ4n) is 2.97. The molecule has 2 N–H and O–H groups in total. The third kappa shape index (κ3) is 7.23. The maximum Gasteiger partial charge on any atom is 0.222 e. The molecule has 0 aromatic carbocycles. The summed E-state index contributed by atoms with van der Waals surface area (Å²) in [5.41, 5.74) is -0.0531. The maximum atomic E-state index is 12.0. The van der Waals surface area contributed by atoms with Crippen molar-refractivity contribution in [1.29, 1.82) is 0 Å². The Bertz CT molecular complexity index is 618. The minimum Gasteiger partial charge on any atom is -0.443 e. The quantitative estimate of drug-likeness (QED) is 0.434. The summed E-state index contributed by atoms with van der Waals surface area (Å²) in [5.74, 6) is 2.53. The third-order valence-electron chi connectivity index (χ3n) is 4.58. The molecule has 2 rings (SSSR count). The number of guanidine groups is 1. The number of rotatable bonds is 7. The highest BCUT2D eigenvalue weighted by molar-refractivity contribution is 5.79. The lowest BCUT2D eigenvalue weighted by Crippen LogP contribution is -2.39. The average Bonchev–Trinajstić information content (AvgIpc) is 3.01. The van der Waals surface area contributed by atoms with Crippen molar-refractivity contribution in [1.82, 2.24) is 20.5 Å². The Morgan fingerprint density at radius 1 is 1.30 bits per heavy atom. The van der Waals surface area contributed by atoms with Crippen LogP contribution in [0.3, 0.4) is 0 Å². The molecule has 0 saturated carbocycles. The molecule has 1 fully saturated rings. The van der Waals surface area contributed by atoms with Gasteiger partial charge in [-0.1, -0.05) is 27.2 Å². The van der Waals surface area contributed by atoms with Gasteiger partial charge in [-0.05, 0) is 26.2 Å². The molecule has 0 radical (unpaired) electrons. The Morgan fingerprint density at radius 2 is 2.11 bits per heavy atom. The van der Waals surface area contributed by atoms with Gasteiger partial charge in [0, 0.05) is 38.0 Å². The second-order valence-corrected chi connectivity index (χ2v) is 8.04. The number of nitrogens with one attached hydrogen (secondary N) is 2. The molecule has 0 aliphatic carbocycles. The Labute approximate surface area is 163 Å². The van der Waals surface area contributed by atoms with Crippen LogP contribution in [0.4, 0.5) is 0 Å². The molecule has 1 aliphatic heterocycles. The number of oxazole rings is 1. The van der Waals surface area contributed by atoms with Crippen LogP contribution in [0.1, 0.15) is 71.5 Å². The standard InChI is InChI=1S/C20H35N5O2/c1-5-21-19(24-15-17-23-14-16(27-17)20(2,3)4)22-11-9-13-25-12-8-6-7-10-18(25)26/h14H,5-13,15H2,1-4H3,(H2,21,22,24). The van der Waals surface area contributed by atoms with Gasteiger partial charge in [-0.15, -0.1) is 0 Å². The van der Waals surface area contributed by atoms with Crippen LogP contribution in [0.25, 0.3) is 0 Å². The SMILES string of the molecule is CCNC(=NCc1ncc(C(C)(C)C)o1)NCCCN1CCCCCC1=O. The minimum atomic E-state index is -0.0531. The van der Waals surface area contributed by atoms with Crippen LogP contribution in [0, 0.1) is 0 Å². The predicted octanol–water partition coefficient (Wildman–Crippen LogP) is 2.82. The lowest BCUT2D eigenvalue weighted by Gasteiger charge is -2.20. The number of hydrogen-bond acceptors (Lipinski definition) is 4. The normalized spacial score (nSPS) is 16.4. The first-order chi connectivity index (χ1) is 12.9. The first-order valence-electron chi connectivity index (χ1n) is 10.2. The van der Waals surface area contributed by atoms with E-state index >= 15 is 0 Å². The summed E-state index contributed by atoms with van der Waals surface area (Å²) in [6, 6.07) is 0. The van der Waals surface area contributed by atoms with Gasteiger partial charge in [-0.2, -0.15) is 0 Å². The van der Waals surface area contributed by atoms with E-state index in [-0.39, 0.29) is 5.41 Å². The zero-order valence-electron chi connectivity index (χ0n) is 17.3. The zero-order chi connectivity index (χ0) is 19.7. The summed E-state index contributed by atoms with van der Waals surface area (Å²) in [4.78, 5) is 22.9. The van der Waals surface area contributed by atoms with E-state index in [1.54, 1.807) is 6.20 Å². The molecule has 7 heteroatoms. The van der Waals surface area contributed by atoms with Crippen LogP contribution in [0.2, 0.25) is 0 Å². The molecule has 1 saturated heterocycles. The van der Waals surface area contributed by atoms with Crippen molar-refractivity contribution in [2.45, 2.75) is 71.8 Å². The summed E-state index contributed by atoms with van der Waals surface area (Å²) in [6.07, 6.45) is 6.70. The second kappa shape index (κ2) is 10.3. The van der Waals surface area contributed by atoms with Crippen molar-refractivity contribution < 1.29 is 9.21 Å². The zero-order valence-corrected chi connectivity index (χ0v) is 17.3. The first-order valence-corrected chi connectivity index (χ1v) is 10.2. The molecular weight excluding hydrogens is 342 g/mol. The first kappa shape index (κ1) is 21.3. The van der Waals surface area contributed by atoms with E-state index in [1.165, 1.54) is 0 Å². The van der Waals surface area contributed by atoms with E-state index in [0.717, 1.165) is 63.6 Å². The summed E-state index contributed by atoms with van der Waals surface area (Å²) in [5, 5.41) is 6.57. The number of nitrogens with zero attached hydrogens (tertiary/aromatic N) is 3. The summed E-state index contributed by atoms with van der Waals surface area (Å²) in [6.45, 7) is 12.0. The van der Waals surface area contributed by atoms with E-state index < -0.39 is 0 Å². The van der Waals surface area contributed by atoms with Crippen molar-refractivity contribution >= 4 is 11.9 Å². The number of hydrogen-bond donors (Lipinski definition) is 2. The molecule has 0 spiro atoms. The van der Waals surface area contributed by atoms with E-state index in [9.17, 15) is 4.79 Å². The Balaban J connectivity index is 1.79. The van der Waals surface area contributed by atoms with E-state index in [1.807, 2.05) is 11.8 Å². The average molecular weight is 378 g/mol. The van der Waals surface area contributed by atoms with Gasteiger partial charge in [-0.3, -0.25) is 4.79 Å². The number of carbonyl (C=O) groups is 1. The third-order valence-corrected chi connectivity index (χ3v) is 4.58. The van der Waals surface area contributed by atoms with Crippen LogP contribution in [0.5, 0.6) is 0 Å². The van der Waals surface area contributed by atoms with Gasteiger partial charge >= 0.3 is 0 Å². The fourth-order valence-corrected chi connectivity index (χ4v) is 2.97. The van der Waals surface area contributed by atoms with Crippen LogP contribution in [-0.4, -0.2) is 47.9 Å². The van der Waals surface area contributed by atoms with Gasteiger partial charge in [0.1, 0.15) is 12.3 Å². The molecule has 1 aromatic rings. The van der Waals surface area contributed by atoms with E-state index in [4.69, 9.17) is 4.42 Å². The summed E-state index contributed by atoms with van der Waals surface area (Å²) in [7, 11) is 0. The fraction of sp³-hybridized carbons (Fsp3) is 0.750. The van der Waals surface area contributed by atoms with Gasteiger partial charge in [0.05, 0.1) is 6.20 Å². The van der Waals surface area contributed by atoms with Crippen molar-refractivity contribution in [2.24, 2.45) is 4.99 Å². The van der Waals surface area contributed by atoms with Gasteiger partial charge in [0.25, 0.3) is 0 Å². The molecule has 1 amide bonds.